The van der Waals surface area contributed by atoms with Crippen LogP contribution in [-0.4, -0.2) is 121 Å². The number of carbonyl (C=O) groups is 6. The quantitative estimate of drug-likeness (QED) is 0.0594. The standard InChI is InChI=1S/C44H70N10O8/c1-43(2,3)62-41(60)44(50,24-31-26-52(27-51-31)39(58)34(49)21-29-14-8-5-9-15-29)38(57)35-22-30(25-46)17-19-53(35)42(61)54(40(59)32(47)16-10-11-18-45)37(56)23-36(55)33(48)20-28-12-6-4-7-13-28/h5,8-9,14-15,26-28,30,32-36,55H,4,6-7,10-13,16-25,45-50H2,1-3H3/t30-,32-,33?,34?,35?,36-,44-/m0/s1. The molecule has 2 aliphatic rings. The highest BCUT2D eigenvalue weighted by Gasteiger charge is 2.53. The van der Waals surface area contributed by atoms with Gasteiger partial charge in [0.1, 0.15) is 11.9 Å². The molecule has 18 nitrogen and oxygen atoms in total. The average Bonchev–Trinajstić information content (AvgIpc) is 3.70. The SMILES string of the molecule is CC(C)(C)OC(=O)[C@](N)(Cc1cn(C(=O)C(N)Cc2ccccc2)cn1)C(=O)C1C[C@@H](CN)CCN1C(=O)N(C(=O)C[C@H](O)C(N)CC1CCCCC1)C(=O)[C@@H](N)CCCCN. The smallest absolute Gasteiger partial charge is 0.334 e. The summed E-state index contributed by atoms with van der Waals surface area (Å²) >= 11 is 0. The fourth-order valence-electron chi connectivity index (χ4n) is 8.30. The number of Topliss-reactive ketones (excluding diaryl/α,β-unsaturated/α-hetero) is 1. The normalized spacial score (nSPS) is 20.3. The minimum atomic E-state index is -2.50. The fourth-order valence-corrected chi connectivity index (χ4v) is 8.30. The van der Waals surface area contributed by atoms with E-state index in [0.29, 0.717) is 37.1 Å². The lowest BCUT2D eigenvalue weighted by Crippen LogP contribution is -2.67. The van der Waals surface area contributed by atoms with Gasteiger partial charge in [0, 0.05) is 25.2 Å². The number of nitrogens with two attached hydrogens (primary N) is 6. The molecule has 1 aliphatic carbocycles. The first-order chi connectivity index (χ1) is 29.3. The number of unbranched alkanes of at least 4 members (excludes halogenated alkanes) is 1. The number of imidazole rings is 1. The lowest BCUT2D eigenvalue weighted by atomic mass is 9.79. The Morgan fingerprint density at radius 1 is 0.935 bits per heavy atom. The minimum absolute atomic E-state index is 0.0717. The number of hydrogen-bond acceptors (Lipinski definition) is 15. The number of ketones is 1. The van der Waals surface area contributed by atoms with Crippen molar-refractivity contribution in [2.75, 3.05) is 19.6 Å². The zero-order chi connectivity index (χ0) is 45.8. The summed E-state index contributed by atoms with van der Waals surface area (Å²) in [6.45, 7) is 5.10. The molecule has 3 unspecified atom stereocenters. The Kier molecular flexibility index (Phi) is 18.5. The maximum absolute atomic E-state index is 15.0. The van der Waals surface area contributed by atoms with Crippen LogP contribution in [0.3, 0.4) is 0 Å². The maximum Gasteiger partial charge on any atom is 0.334 e. The summed E-state index contributed by atoms with van der Waals surface area (Å²) in [7, 11) is 0. The average molecular weight is 867 g/mol. The number of urea groups is 1. The molecule has 2 heterocycles. The number of ether oxygens (including phenoxy) is 1. The van der Waals surface area contributed by atoms with Gasteiger partial charge in [0.05, 0.1) is 36.3 Å². The van der Waals surface area contributed by atoms with Gasteiger partial charge in [0.2, 0.25) is 11.8 Å². The zero-order valence-electron chi connectivity index (χ0n) is 36.7. The number of nitrogens with zero attached hydrogens (tertiary/aromatic N) is 4. The number of aliphatic hydroxyl groups excluding tert-OH is 1. The van der Waals surface area contributed by atoms with Crippen LogP contribution >= 0.6 is 0 Å². The first kappa shape index (κ1) is 50.2. The van der Waals surface area contributed by atoms with Gasteiger partial charge in [0.15, 0.2) is 11.3 Å². The minimum Gasteiger partial charge on any atom is -0.458 e. The number of hydrogen-bond donors (Lipinski definition) is 7. The van der Waals surface area contributed by atoms with Gasteiger partial charge in [-0.15, -0.1) is 0 Å². The van der Waals surface area contributed by atoms with Gasteiger partial charge in [-0.3, -0.25) is 23.7 Å². The van der Waals surface area contributed by atoms with Gasteiger partial charge in [-0.25, -0.2) is 14.6 Å². The first-order valence-electron chi connectivity index (χ1n) is 22.0. The number of amides is 4. The molecular formula is C44H70N10O8. The van der Waals surface area contributed by atoms with Crippen molar-refractivity contribution in [1.29, 1.82) is 0 Å². The monoisotopic (exact) mass is 867 g/mol. The Hall–Kier alpha value is -4.43. The fraction of sp³-hybridized carbons (Fsp3) is 0.659. The van der Waals surface area contributed by atoms with Crippen LogP contribution in [-0.2, 0) is 36.8 Å². The van der Waals surface area contributed by atoms with E-state index in [9.17, 15) is 29.1 Å². The third-order valence-electron chi connectivity index (χ3n) is 11.9. The highest BCUT2D eigenvalue weighted by Crippen LogP contribution is 2.31. The Bertz CT molecular complexity index is 1830. The lowest BCUT2D eigenvalue weighted by Gasteiger charge is -2.43. The molecule has 2 fully saturated rings. The summed E-state index contributed by atoms with van der Waals surface area (Å²) in [5, 5.41) is 11.2. The molecule has 13 N–H and O–H groups in total. The van der Waals surface area contributed by atoms with Crippen LogP contribution in [0.1, 0.15) is 114 Å². The molecule has 7 atom stereocenters. The molecule has 18 heteroatoms. The molecule has 1 aliphatic heterocycles. The number of esters is 1. The second-order valence-electron chi connectivity index (χ2n) is 18.2. The topological polar surface area (TPSA) is 312 Å². The molecule has 1 aromatic heterocycles. The van der Waals surface area contributed by atoms with Crippen LogP contribution in [0.25, 0.3) is 0 Å². The molecule has 4 amide bonds. The van der Waals surface area contributed by atoms with Crippen LogP contribution < -0.4 is 34.4 Å². The molecule has 0 radical (unpaired) electrons. The molecule has 62 heavy (non-hydrogen) atoms. The van der Waals surface area contributed by atoms with Crippen LogP contribution in [0.2, 0.25) is 0 Å². The largest absolute Gasteiger partial charge is 0.458 e. The molecule has 2 aromatic rings. The number of aromatic nitrogens is 2. The summed E-state index contributed by atoms with van der Waals surface area (Å²) in [6, 6.07) is 3.51. The van der Waals surface area contributed by atoms with Crippen LogP contribution in [0.4, 0.5) is 4.79 Å². The molecule has 0 spiro atoms. The van der Waals surface area contributed by atoms with E-state index in [1.54, 1.807) is 20.8 Å². The van der Waals surface area contributed by atoms with E-state index in [4.69, 9.17) is 39.1 Å². The number of rotatable bonds is 19. The van der Waals surface area contributed by atoms with E-state index in [-0.39, 0.29) is 49.9 Å². The van der Waals surface area contributed by atoms with Crippen molar-refractivity contribution in [3.05, 3.63) is 54.1 Å². The Balaban J connectivity index is 1.67. The van der Waals surface area contributed by atoms with E-state index in [2.05, 4.69) is 4.98 Å². The van der Waals surface area contributed by atoms with Gasteiger partial charge < -0.3 is 49.1 Å². The van der Waals surface area contributed by atoms with Crippen molar-refractivity contribution in [2.45, 2.75) is 152 Å². The number of benzene rings is 1. The Morgan fingerprint density at radius 3 is 2.24 bits per heavy atom. The lowest BCUT2D eigenvalue weighted by molar-refractivity contribution is -0.165. The van der Waals surface area contributed by atoms with Crippen molar-refractivity contribution in [3.63, 3.8) is 0 Å². The number of aliphatic hydroxyl groups is 1. The predicted octanol–water partition coefficient (Wildman–Crippen LogP) is 1.26. The number of carbonyl (C=O) groups excluding carboxylic acids is 6. The van der Waals surface area contributed by atoms with Gasteiger partial charge in [0.25, 0.3) is 5.91 Å². The Morgan fingerprint density at radius 2 is 1.61 bits per heavy atom. The van der Waals surface area contributed by atoms with Crippen molar-refractivity contribution in [3.8, 4) is 0 Å². The van der Waals surface area contributed by atoms with Crippen molar-refractivity contribution < 1.29 is 38.6 Å². The third-order valence-corrected chi connectivity index (χ3v) is 11.9. The highest BCUT2D eigenvalue weighted by atomic mass is 16.6. The van der Waals surface area contributed by atoms with Crippen molar-refractivity contribution in [2.24, 2.45) is 46.2 Å². The van der Waals surface area contributed by atoms with Gasteiger partial charge >= 0.3 is 12.0 Å². The maximum atomic E-state index is 15.0. The second-order valence-corrected chi connectivity index (χ2v) is 18.2. The first-order valence-corrected chi connectivity index (χ1v) is 22.0. The highest BCUT2D eigenvalue weighted by molar-refractivity contribution is 6.15. The molecule has 1 saturated heterocycles. The summed E-state index contributed by atoms with van der Waals surface area (Å²) < 4.78 is 6.86. The zero-order valence-corrected chi connectivity index (χ0v) is 36.7. The van der Waals surface area contributed by atoms with Crippen molar-refractivity contribution in [1.82, 2.24) is 19.4 Å². The molecule has 344 valence electrons. The van der Waals surface area contributed by atoms with E-state index in [1.807, 2.05) is 30.3 Å². The van der Waals surface area contributed by atoms with Gasteiger partial charge in [-0.05, 0) is 89.8 Å². The third kappa shape index (κ3) is 13.5. The van der Waals surface area contributed by atoms with Crippen molar-refractivity contribution >= 4 is 35.5 Å². The summed E-state index contributed by atoms with van der Waals surface area (Å²) in [6.07, 6.45) is 7.09. The van der Waals surface area contributed by atoms with Gasteiger partial charge in [-0.1, -0.05) is 68.9 Å². The van der Waals surface area contributed by atoms with E-state index < -0.39 is 89.8 Å². The number of piperidine rings is 1. The molecular weight excluding hydrogens is 797 g/mol. The molecule has 1 saturated carbocycles. The van der Waals surface area contributed by atoms with Crippen LogP contribution in [0.5, 0.6) is 0 Å². The van der Waals surface area contributed by atoms with E-state index in [1.165, 1.54) is 12.5 Å². The molecule has 0 bridgehead atoms. The Labute approximate surface area is 364 Å². The summed E-state index contributed by atoms with van der Waals surface area (Å²) in [4.78, 5) is 91.3. The van der Waals surface area contributed by atoms with E-state index in [0.717, 1.165) is 47.1 Å². The number of likely N-dealkylation sites (tertiary alicyclic amines) is 1. The second kappa shape index (κ2) is 22.8. The van der Waals surface area contributed by atoms with Crippen LogP contribution in [0.15, 0.2) is 42.9 Å². The molecule has 1 aromatic carbocycles. The van der Waals surface area contributed by atoms with Crippen LogP contribution in [0, 0.1) is 11.8 Å². The molecule has 4 rings (SSSR count). The van der Waals surface area contributed by atoms with E-state index >= 15 is 4.79 Å². The number of imide groups is 3. The summed E-state index contributed by atoms with van der Waals surface area (Å²) in [5.74, 6) is -4.69. The van der Waals surface area contributed by atoms with Gasteiger partial charge in [-0.2, -0.15) is 4.90 Å². The predicted molar refractivity (Wildman–Crippen MR) is 233 cm³/mol. The summed E-state index contributed by atoms with van der Waals surface area (Å²) in [5.41, 5.74) is 34.9.